The second-order valence-corrected chi connectivity index (χ2v) is 16.5. The number of carbonyl (C=O) groups is 2. The normalized spacial score (nSPS) is 12.5. The van der Waals surface area contributed by atoms with Gasteiger partial charge in [-0.15, -0.1) is 0 Å². The number of amides is 2. The number of imide groups is 1. The van der Waals surface area contributed by atoms with Gasteiger partial charge in [0.1, 0.15) is 0 Å². The fraction of sp³-hybridized carbons (Fsp3) is 0.878. The third kappa shape index (κ3) is 34.8. The van der Waals surface area contributed by atoms with E-state index in [4.69, 9.17) is 0 Å². The summed E-state index contributed by atoms with van der Waals surface area (Å²) < 4.78 is 0. The van der Waals surface area contributed by atoms with Gasteiger partial charge in [-0.25, -0.2) is 0 Å². The van der Waals surface area contributed by atoms with Crippen molar-refractivity contribution in [2.24, 2.45) is 0 Å². The lowest BCUT2D eigenvalue weighted by atomic mass is 10.0. The molecule has 0 N–H and O–H groups in total. The summed E-state index contributed by atoms with van der Waals surface area (Å²) in [6, 6.07) is 0. The number of carbonyl (C=O) groups excluding carboxylic acids is 2. The van der Waals surface area contributed by atoms with Gasteiger partial charge in [-0.05, 0) is 84.7 Å². The van der Waals surface area contributed by atoms with Crippen LogP contribution >= 0.6 is 0 Å². The summed E-state index contributed by atoms with van der Waals surface area (Å²) in [5, 5.41) is 0. The first-order valence-corrected chi connectivity index (χ1v) is 23.8. The zero-order valence-electron chi connectivity index (χ0n) is 36.8. The third-order valence-corrected chi connectivity index (χ3v) is 11.1. The molecule has 0 aliphatic rings. The van der Waals surface area contributed by atoms with Gasteiger partial charge in [0, 0.05) is 12.8 Å². The van der Waals surface area contributed by atoms with Gasteiger partial charge in [-0.2, -0.15) is 0 Å². The number of nitrogens with zero attached hydrogens (tertiary/aromatic N) is 2. The van der Waals surface area contributed by atoms with E-state index in [0.717, 1.165) is 32.1 Å². The summed E-state index contributed by atoms with van der Waals surface area (Å²) >= 11 is 0. The average molecular weight is 743 g/mol. The smallest absolute Gasteiger partial charge is 0.230 e. The highest BCUT2D eigenvalue weighted by Gasteiger charge is 2.29. The molecule has 2 amide bonds. The van der Waals surface area contributed by atoms with Crippen molar-refractivity contribution in [3.63, 3.8) is 0 Å². The SMILES string of the molecule is CCCCCCCCC=CCCCCCCCCCCCC(=O)N(C(=O)CCCCCCCCCCCC=CCCCCCCCC)C(CC)N(C)C. The van der Waals surface area contributed by atoms with Crippen molar-refractivity contribution < 1.29 is 9.59 Å². The summed E-state index contributed by atoms with van der Waals surface area (Å²) in [6.45, 7) is 6.65. The Bertz CT molecular complexity index is 774. The quantitative estimate of drug-likeness (QED) is 0.0356. The second kappa shape index (κ2) is 41.7. The van der Waals surface area contributed by atoms with Gasteiger partial charge in [-0.3, -0.25) is 19.4 Å². The Labute approximate surface area is 333 Å². The van der Waals surface area contributed by atoms with Crippen LogP contribution in [0.1, 0.15) is 258 Å². The molecule has 0 fully saturated rings. The average Bonchev–Trinajstić information content (AvgIpc) is 3.15. The Morgan fingerprint density at radius 2 is 0.623 bits per heavy atom. The Morgan fingerprint density at radius 3 is 0.868 bits per heavy atom. The molecule has 0 rings (SSSR count). The van der Waals surface area contributed by atoms with Crippen molar-refractivity contribution in [3.05, 3.63) is 24.3 Å². The van der Waals surface area contributed by atoms with E-state index in [9.17, 15) is 9.59 Å². The van der Waals surface area contributed by atoms with Crippen LogP contribution in [0.4, 0.5) is 0 Å². The minimum atomic E-state index is -0.137. The van der Waals surface area contributed by atoms with Crippen LogP contribution in [-0.2, 0) is 9.59 Å². The second-order valence-electron chi connectivity index (χ2n) is 16.5. The fourth-order valence-electron chi connectivity index (χ4n) is 7.60. The van der Waals surface area contributed by atoms with Crippen LogP contribution in [0.25, 0.3) is 0 Å². The first kappa shape index (κ1) is 51.6. The molecule has 53 heavy (non-hydrogen) atoms. The highest BCUT2D eigenvalue weighted by atomic mass is 16.2. The van der Waals surface area contributed by atoms with Gasteiger partial charge in [0.15, 0.2) is 0 Å². The molecule has 0 aromatic heterocycles. The van der Waals surface area contributed by atoms with Gasteiger partial charge >= 0.3 is 0 Å². The lowest BCUT2D eigenvalue weighted by Crippen LogP contribution is -2.51. The van der Waals surface area contributed by atoms with Gasteiger partial charge in [0.25, 0.3) is 0 Å². The maximum Gasteiger partial charge on any atom is 0.230 e. The first-order valence-electron chi connectivity index (χ1n) is 23.8. The fourth-order valence-corrected chi connectivity index (χ4v) is 7.60. The van der Waals surface area contributed by atoms with E-state index in [1.165, 1.54) is 193 Å². The molecule has 4 nitrogen and oxygen atoms in total. The van der Waals surface area contributed by atoms with Crippen LogP contribution in [0.2, 0.25) is 0 Å². The Hall–Kier alpha value is -1.42. The van der Waals surface area contributed by atoms with Gasteiger partial charge < -0.3 is 0 Å². The standard InChI is InChI=1S/C49H94N2O2/c1-6-9-11-13-15-17-19-21-23-25-27-29-31-33-35-37-39-41-43-45-48(52)51(47(8-3)50(4)5)49(53)46-44-42-40-38-36-34-32-30-28-26-24-22-20-18-16-14-12-10-7-2/h21-24,47H,6-20,25-46H2,1-5H3. The monoisotopic (exact) mass is 743 g/mol. The first-order chi connectivity index (χ1) is 26.0. The molecule has 0 bridgehead atoms. The molecular formula is C49H94N2O2. The minimum Gasteiger partial charge on any atom is -0.289 e. The molecule has 0 radical (unpaired) electrons. The van der Waals surface area contributed by atoms with E-state index < -0.39 is 0 Å². The van der Waals surface area contributed by atoms with Gasteiger partial charge in [0.2, 0.25) is 11.8 Å². The van der Waals surface area contributed by atoms with Crippen molar-refractivity contribution in [3.8, 4) is 0 Å². The van der Waals surface area contributed by atoms with Gasteiger partial charge in [-0.1, -0.05) is 199 Å². The molecular weight excluding hydrogens is 649 g/mol. The third-order valence-electron chi connectivity index (χ3n) is 11.1. The molecule has 4 heteroatoms. The maximum absolute atomic E-state index is 13.3. The van der Waals surface area contributed by atoms with Crippen molar-refractivity contribution in [2.75, 3.05) is 14.1 Å². The molecule has 0 heterocycles. The van der Waals surface area contributed by atoms with E-state index in [0.29, 0.717) is 12.8 Å². The Balaban J connectivity index is 3.93. The van der Waals surface area contributed by atoms with Crippen LogP contribution in [-0.4, -0.2) is 41.9 Å². The van der Waals surface area contributed by atoms with Crippen molar-refractivity contribution >= 4 is 11.8 Å². The number of unbranched alkanes of at least 4 members (excludes halogenated alkanes) is 30. The van der Waals surface area contributed by atoms with E-state index in [2.05, 4.69) is 45.1 Å². The van der Waals surface area contributed by atoms with Crippen LogP contribution < -0.4 is 0 Å². The topological polar surface area (TPSA) is 40.6 Å². The summed E-state index contributed by atoms with van der Waals surface area (Å²) in [6.07, 6.45) is 55.1. The largest absolute Gasteiger partial charge is 0.289 e. The molecule has 0 saturated heterocycles. The molecule has 1 unspecified atom stereocenters. The van der Waals surface area contributed by atoms with Crippen molar-refractivity contribution in [1.82, 2.24) is 9.80 Å². The lowest BCUT2D eigenvalue weighted by Gasteiger charge is -2.34. The molecule has 0 aromatic carbocycles. The number of hydrogen-bond acceptors (Lipinski definition) is 3. The van der Waals surface area contributed by atoms with Crippen LogP contribution in [0.15, 0.2) is 24.3 Å². The van der Waals surface area contributed by atoms with Crippen molar-refractivity contribution in [1.29, 1.82) is 0 Å². The Kier molecular flexibility index (Phi) is 40.6. The Morgan fingerprint density at radius 1 is 0.377 bits per heavy atom. The van der Waals surface area contributed by atoms with E-state index in [1.54, 1.807) is 4.90 Å². The zero-order chi connectivity index (χ0) is 38.9. The number of hydrogen-bond donors (Lipinski definition) is 0. The highest BCUT2D eigenvalue weighted by molar-refractivity contribution is 5.95. The maximum atomic E-state index is 13.3. The van der Waals surface area contributed by atoms with E-state index >= 15 is 0 Å². The summed E-state index contributed by atoms with van der Waals surface area (Å²) in [5.41, 5.74) is 0. The lowest BCUT2D eigenvalue weighted by molar-refractivity contribution is -0.152. The molecule has 312 valence electrons. The molecule has 0 aromatic rings. The molecule has 0 spiro atoms. The summed E-state index contributed by atoms with van der Waals surface area (Å²) in [5.74, 6) is 0.0646. The predicted octanol–water partition coefficient (Wildman–Crippen LogP) is 15.8. The highest BCUT2D eigenvalue weighted by Crippen LogP contribution is 2.18. The molecule has 1 atom stereocenters. The molecule has 0 aliphatic heterocycles. The predicted molar refractivity (Wildman–Crippen MR) is 235 cm³/mol. The van der Waals surface area contributed by atoms with E-state index in [-0.39, 0.29) is 18.0 Å². The van der Waals surface area contributed by atoms with Crippen molar-refractivity contribution in [2.45, 2.75) is 265 Å². The molecule has 0 aliphatic carbocycles. The van der Waals surface area contributed by atoms with Gasteiger partial charge in [0.05, 0.1) is 6.17 Å². The van der Waals surface area contributed by atoms with E-state index in [1.807, 2.05) is 19.0 Å². The summed E-state index contributed by atoms with van der Waals surface area (Å²) in [7, 11) is 3.98. The minimum absolute atomic E-state index is 0.0323. The number of rotatable bonds is 41. The van der Waals surface area contributed by atoms with Crippen LogP contribution in [0, 0.1) is 0 Å². The zero-order valence-corrected chi connectivity index (χ0v) is 36.8. The molecule has 0 saturated carbocycles. The van der Waals surface area contributed by atoms with Crippen LogP contribution in [0.5, 0.6) is 0 Å². The summed E-state index contributed by atoms with van der Waals surface area (Å²) in [4.78, 5) is 30.3. The number of allylic oxidation sites excluding steroid dienone is 4. The van der Waals surface area contributed by atoms with Crippen LogP contribution in [0.3, 0.4) is 0 Å².